The molecule has 15 heavy (non-hydrogen) atoms. The first kappa shape index (κ1) is 9.57. The minimum absolute atomic E-state index is 0.0472. The van der Waals surface area contributed by atoms with Crippen LogP contribution in [0.1, 0.15) is 11.6 Å². The van der Waals surface area contributed by atoms with Gasteiger partial charge in [-0.1, -0.05) is 6.07 Å². The molecule has 1 aromatic rings. The van der Waals surface area contributed by atoms with Crippen LogP contribution in [0, 0.1) is 11.6 Å². The number of carbonyl (C=O) groups excluding carboxylic acids is 1. The van der Waals surface area contributed by atoms with Crippen LogP contribution in [0.25, 0.3) is 0 Å². The maximum atomic E-state index is 12.9. The molecule has 0 fully saturated rings. The third-order valence-corrected chi connectivity index (χ3v) is 2.07. The number of nitrogens with one attached hydrogen (secondary N) is 1. The quantitative estimate of drug-likeness (QED) is 0.730. The van der Waals surface area contributed by atoms with Gasteiger partial charge < -0.3 is 11.1 Å². The van der Waals surface area contributed by atoms with Crippen molar-refractivity contribution in [3.63, 3.8) is 0 Å². The maximum Gasteiger partial charge on any atom is 0.343 e. The Balaban J connectivity index is 2.35. The van der Waals surface area contributed by atoms with Crippen molar-refractivity contribution < 1.29 is 13.6 Å². The highest BCUT2D eigenvalue weighted by molar-refractivity contribution is 6.03. The van der Waals surface area contributed by atoms with E-state index < -0.39 is 23.7 Å². The number of urea groups is 1. The summed E-state index contributed by atoms with van der Waals surface area (Å²) in [6, 6.07) is 2.04. The summed E-state index contributed by atoms with van der Waals surface area (Å²) in [5, 5.41) is 2.41. The Bertz CT molecular complexity index is 459. The molecule has 2 rings (SSSR count). The summed E-state index contributed by atoms with van der Waals surface area (Å²) < 4.78 is 25.5. The number of rotatable bonds is 1. The second-order valence-corrected chi connectivity index (χ2v) is 3.09. The molecule has 1 aliphatic heterocycles. The largest absolute Gasteiger partial charge is 0.385 e. The van der Waals surface area contributed by atoms with Gasteiger partial charge in [-0.25, -0.2) is 13.6 Å². The van der Waals surface area contributed by atoms with Gasteiger partial charge in [-0.2, -0.15) is 4.99 Å². The van der Waals surface area contributed by atoms with Gasteiger partial charge >= 0.3 is 6.03 Å². The highest BCUT2D eigenvalue weighted by Crippen LogP contribution is 2.19. The van der Waals surface area contributed by atoms with E-state index in [0.717, 1.165) is 12.1 Å². The lowest BCUT2D eigenvalue weighted by Gasteiger charge is -2.10. The van der Waals surface area contributed by atoms with Gasteiger partial charge in [0.05, 0.1) is 0 Å². The van der Waals surface area contributed by atoms with E-state index >= 15 is 0 Å². The third kappa shape index (κ3) is 1.65. The van der Waals surface area contributed by atoms with Crippen molar-refractivity contribution in [2.45, 2.75) is 6.04 Å². The number of carbonyl (C=O) groups is 1. The van der Waals surface area contributed by atoms with Crippen molar-refractivity contribution in [3.05, 3.63) is 35.4 Å². The lowest BCUT2D eigenvalue weighted by molar-refractivity contribution is 0.250. The molecule has 78 valence electrons. The molecule has 4 nitrogen and oxygen atoms in total. The molecule has 0 aliphatic carbocycles. The van der Waals surface area contributed by atoms with E-state index in [1.54, 1.807) is 0 Å². The fourth-order valence-electron chi connectivity index (χ4n) is 1.36. The molecule has 6 heteroatoms. The van der Waals surface area contributed by atoms with Crippen LogP contribution in [0.4, 0.5) is 13.6 Å². The van der Waals surface area contributed by atoms with Gasteiger partial charge in [-0.05, 0) is 17.7 Å². The molecule has 1 aliphatic rings. The number of nitrogens with two attached hydrogens (primary N) is 1. The van der Waals surface area contributed by atoms with Crippen LogP contribution in [0.15, 0.2) is 23.2 Å². The molecule has 0 aromatic heterocycles. The second kappa shape index (κ2) is 3.30. The van der Waals surface area contributed by atoms with Crippen LogP contribution in [-0.4, -0.2) is 11.9 Å². The number of benzene rings is 1. The van der Waals surface area contributed by atoms with Gasteiger partial charge in [0.25, 0.3) is 0 Å². The van der Waals surface area contributed by atoms with E-state index in [1.165, 1.54) is 6.07 Å². The Hall–Kier alpha value is -1.98. The summed E-state index contributed by atoms with van der Waals surface area (Å²) in [6.45, 7) is 0. The summed E-state index contributed by atoms with van der Waals surface area (Å²) in [4.78, 5) is 14.3. The van der Waals surface area contributed by atoms with Gasteiger partial charge in [-0.3, -0.25) is 0 Å². The van der Waals surface area contributed by atoms with E-state index in [4.69, 9.17) is 5.73 Å². The van der Waals surface area contributed by atoms with Crippen LogP contribution in [0.5, 0.6) is 0 Å². The second-order valence-electron chi connectivity index (χ2n) is 3.09. The average Bonchev–Trinajstić information content (AvgIpc) is 2.50. The highest BCUT2D eigenvalue weighted by atomic mass is 19.2. The lowest BCUT2D eigenvalue weighted by Crippen LogP contribution is -2.27. The van der Waals surface area contributed by atoms with Crippen LogP contribution in [0.3, 0.4) is 0 Å². The standard InChI is InChI=1S/C9H7F2N3O/c10-5-2-1-4(3-6(5)11)7-8(12)14-9(15)13-7/h1-3,7H,(H3,12,13,14,15). The molecule has 1 heterocycles. The molecule has 1 unspecified atom stereocenters. The van der Waals surface area contributed by atoms with E-state index in [0.29, 0.717) is 5.56 Å². The normalized spacial score (nSPS) is 20.0. The third-order valence-electron chi connectivity index (χ3n) is 2.07. The fraction of sp³-hybridized carbons (Fsp3) is 0.111. The van der Waals surface area contributed by atoms with Crippen molar-refractivity contribution in [2.75, 3.05) is 0 Å². The van der Waals surface area contributed by atoms with E-state index in [2.05, 4.69) is 10.3 Å². The fourth-order valence-corrected chi connectivity index (χ4v) is 1.36. The minimum atomic E-state index is -0.985. The van der Waals surface area contributed by atoms with Crippen molar-refractivity contribution >= 4 is 11.9 Å². The molecule has 2 amide bonds. The summed E-state index contributed by atoms with van der Waals surface area (Å²) in [5.41, 5.74) is 5.80. The number of hydrogen-bond acceptors (Lipinski definition) is 2. The van der Waals surface area contributed by atoms with Crippen molar-refractivity contribution in [1.29, 1.82) is 0 Å². The molecular formula is C9H7F2N3O. The average molecular weight is 211 g/mol. The zero-order valence-corrected chi connectivity index (χ0v) is 7.50. The zero-order valence-electron chi connectivity index (χ0n) is 7.50. The number of amides is 2. The first-order valence-corrected chi connectivity index (χ1v) is 4.17. The predicted molar refractivity (Wildman–Crippen MR) is 49.3 cm³/mol. The summed E-state index contributed by atoms with van der Waals surface area (Å²) in [7, 11) is 0. The van der Waals surface area contributed by atoms with Crippen molar-refractivity contribution in [1.82, 2.24) is 5.32 Å². The first-order chi connectivity index (χ1) is 7.08. The Morgan fingerprint density at radius 2 is 2.07 bits per heavy atom. The van der Waals surface area contributed by atoms with Crippen molar-refractivity contribution in [2.24, 2.45) is 10.7 Å². The molecule has 1 atom stereocenters. The Morgan fingerprint density at radius 3 is 2.60 bits per heavy atom. The Kier molecular flexibility index (Phi) is 2.11. The zero-order chi connectivity index (χ0) is 11.0. The molecule has 0 bridgehead atoms. The van der Waals surface area contributed by atoms with Gasteiger partial charge in [0.1, 0.15) is 11.9 Å². The van der Waals surface area contributed by atoms with Crippen LogP contribution < -0.4 is 11.1 Å². The molecule has 3 N–H and O–H groups in total. The van der Waals surface area contributed by atoms with E-state index in [9.17, 15) is 13.6 Å². The topological polar surface area (TPSA) is 67.5 Å². The van der Waals surface area contributed by atoms with E-state index in [1.807, 2.05) is 0 Å². The Labute approximate surface area is 83.8 Å². The highest BCUT2D eigenvalue weighted by Gasteiger charge is 2.25. The Morgan fingerprint density at radius 1 is 1.33 bits per heavy atom. The number of amidine groups is 1. The van der Waals surface area contributed by atoms with Crippen molar-refractivity contribution in [3.8, 4) is 0 Å². The lowest BCUT2D eigenvalue weighted by atomic mass is 10.1. The first-order valence-electron chi connectivity index (χ1n) is 4.17. The smallest absolute Gasteiger partial charge is 0.343 e. The predicted octanol–water partition coefficient (Wildman–Crippen LogP) is 1.09. The van der Waals surface area contributed by atoms with Gasteiger partial charge in [-0.15, -0.1) is 0 Å². The summed E-state index contributed by atoms with van der Waals surface area (Å²) in [5.74, 6) is -1.88. The van der Waals surface area contributed by atoms with Crippen LogP contribution in [-0.2, 0) is 0 Å². The summed E-state index contributed by atoms with van der Waals surface area (Å²) >= 11 is 0. The van der Waals surface area contributed by atoms with Gasteiger partial charge in [0, 0.05) is 0 Å². The SMILES string of the molecule is NC1=NC(=O)NC1c1ccc(F)c(F)c1. The minimum Gasteiger partial charge on any atom is -0.385 e. The maximum absolute atomic E-state index is 12.9. The molecule has 0 radical (unpaired) electrons. The molecule has 0 saturated heterocycles. The number of nitrogens with zero attached hydrogens (tertiary/aromatic N) is 1. The van der Waals surface area contributed by atoms with Gasteiger partial charge in [0.2, 0.25) is 0 Å². The number of hydrogen-bond donors (Lipinski definition) is 2. The van der Waals surface area contributed by atoms with Crippen LogP contribution in [0.2, 0.25) is 0 Å². The molecule has 0 saturated carbocycles. The molecule has 1 aromatic carbocycles. The van der Waals surface area contributed by atoms with Crippen LogP contribution >= 0.6 is 0 Å². The number of halogens is 2. The molecular weight excluding hydrogens is 204 g/mol. The number of aliphatic imine (C=N–C) groups is 1. The van der Waals surface area contributed by atoms with Gasteiger partial charge in [0.15, 0.2) is 11.6 Å². The monoisotopic (exact) mass is 211 g/mol. The summed E-state index contributed by atoms with van der Waals surface area (Å²) in [6.07, 6.45) is 0. The molecule has 0 spiro atoms. The van der Waals surface area contributed by atoms with E-state index in [-0.39, 0.29) is 5.84 Å².